The Kier molecular flexibility index (Phi) is 3.68. The van der Waals surface area contributed by atoms with E-state index in [1.807, 2.05) is 30.3 Å². The highest BCUT2D eigenvalue weighted by molar-refractivity contribution is 5.92. The number of nitrogens with two attached hydrogens (primary N) is 1. The van der Waals surface area contributed by atoms with Crippen LogP contribution in [0.15, 0.2) is 35.3 Å². The molecule has 0 aliphatic heterocycles. The third-order valence-electron chi connectivity index (χ3n) is 1.68. The zero-order chi connectivity index (χ0) is 11.3. The predicted octanol–water partition coefficient (Wildman–Crippen LogP) is 1.18. The molecule has 82 valence electrons. The second-order valence-corrected chi connectivity index (χ2v) is 4.00. The quantitative estimate of drug-likeness (QED) is 0.515. The van der Waals surface area contributed by atoms with Gasteiger partial charge < -0.3 is 16.2 Å². The highest BCUT2D eigenvalue weighted by Crippen LogP contribution is 2.05. The number of aliphatic hydroxyl groups is 1. The van der Waals surface area contributed by atoms with Crippen molar-refractivity contribution >= 4 is 11.6 Å². The summed E-state index contributed by atoms with van der Waals surface area (Å²) in [4.78, 5) is 4.02. The molecule has 0 heterocycles. The maximum absolute atomic E-state index is 9.44. The summed E-state index contributed by atoms with van der Waals surface area (Å²) in [6, 6.07) is 9.53. The van der Waals surface area contributed by atoms with Crippen molar-refractivity contribution in [1.29, 1.82) is 0 Å². The number of nitrogens with one attached hydrogen (secondary N) is 1. The van der Waals surface area contributed by atoms with Crippen molar-refractivity contribution in [2.24, 2.45) is 10.7 Å². The number of rotatable bonds is 3. The molecule has 0 saturated carbocycles. The van der Waals surface area contributed by atoms with Crippen LogP contribution < -0.4 is 11.1 Å². The van der Waals surface area contributed by atoms with Gasteiger partial charge in [-0.1, -0.05) is 18.2 Å². The molecule has 0 fully saturated rings. The first kappa shape index (κ1) is 11.5. The fourth-order valence-corrected chi connectivity index (χ4v) is 0.988. The highest BCUT2D eigenvalue weighted by Gasteiger charge is 2.10. The number of guanidine groups is 1. The van der Waals surface area contributed by atoms with Gasteiger partial charge in [-0.15, -0.1) is 0 Å². The molecule has 1 rings (SSSR count). The van der Waals surface area contributed by atoms with Crippen LogP contribution in [0.2, 0.25) is 0 Å². The first-order chi connectivity index (χ1) is 6.97. The van der Waals surface area contributed by atoms with E-state index in [9.17, 15) is 5.11 Å². The molecule has 1 aromatic carbocycles. The van der Waals surface area contributed by atoms with Gasteiger partial charge in [0.15, 0.2) is 5.96 Å². The summed E-state index contributed by atoms with van der Waals surface area (Å²) in [6.45, 7) is 3.65. The van der Waals surface area contributed by atoms with Crippen LogP contribution in [0.3, 0.4) is 0 Å². The fraction of sp³-hybridized carbons (Fsp3) is 0.364. The first-order valence-corrected chi connectivity index (χ1v) is 4.82. The number of hydrogen-bond acceptors (Lipinski definition) is 2. The van der Waals surface area contributed by atoms with Gasteiger partial charge in [0.25, 0.3) is 0 Å². The Morgan fingerprint density at radius 3 is 2.53 bits per heavy atom. The Labute approximate surface area is 89.8 Å². The molecule has 0 spiro atoms. The van der Waals surface area contributed by atoms with Crippen molar-refractivity contribution < 1.29 is 5.11 Å². The van der Waals surface area contributed by atoms with Gasteiger partial charge in [-0.05, 0) is 26.0 Å². The Morgan fingerprint density at radius 2 is 2.00 bits per heavy atom. The van der Waals surface area contributed by atoms with Gasteiger partial charge in [-0.3, -0.25) is 4.99 Å². The predicted molar refractivity (Wildman–Crippen MR) is 62.9 cm³/mol. The minimum atomic E-state index is -0.830. The average Bonchev–Trinajstić information content (AvgIpc) is 2.15. The SMILES string of the molecule is CC(C)(O)CN=C(N)Nc1ccccc1. The molecule has 15 heavy (non-hydrogen) atoms. The monoisotopic (exact) mass is 207 g/mol. The second kappa shape index (κ2) is 4.79. The van der Waals surface area contributed by atoms with Crippen molar-refractivity contribution in [3.05, 3.63) is 30.3 Å². The van der Waals surface area contributed by atoms with Gasteiger partial charge in [-0.25, -0.2) is 0 Å². The minimum Gasteiger partial charge on any atom is -0.389 e. The summed E-state index contributed by atoms with van der Waals surface area (Å²) >= 11 is 0. The summed E-state index contributed by atoms with van der Waals surface area (Å²) < 4.78 is 0. The highest BCUT2D eigenvalue weighted by atomic mass is 16.3. The maximum atomic E-state index is 9.44. The van der Waals surface area contributed by atoms with Gasteiger partial charge in [0, 0.05) is 5.69 Å². The molecule has 0 amide bonds. The molecule has 0 aliphatic rings. The Bertz CT molecular complexity index is 327. The number of nitrogens with zero attached hydrogens (tertiary/aromatic N) is 1. The molecule has 4 nitrogen and oxygen atoms in total. The molecular formula is C11H17N3O. The van der Waals surface area contributed by atoms with Crippen LogP contribution in [0.25, 0.3) is 0 Å². The van der Waals surface area contributed by atoms with E-state index in [1.54, 1.807) is 13.8 Å². The fourth-order valence-electron chi connectivity index (χ4n) is 0.988. The topological polar surface area (TPSA) is 70.6 Å². The third-order valence-corrected chi connectivity index (χ3v) is 1.68. The normalized spacial score (nSPS) is 12.6. The molecule has 0 aliphatic carbocycles. The van der Waals surface area contributed by atoms with E-state index in [2.05, 4.69) is 10.3 Å². The minimum absolute atomic E-state index is 0.276. The second-order valence-electron chi connectivity index (χ2n) is 4.00. The van der Waals surface area contributed by atoms with E-state index < -0.39 is 5.60 Å². The zero-order valence-electron chi connectivity index (χ0n) is 9.07. The van der Waals surface area contributed by atoms with E-state index in [1.165, 1.54) is 0 Å². The van der Waals surface area contributed by atoms with Gasteiger partial charge in [0.1, 0.15) is 0 Å². The molecule has 0 unspecified atom stereocenters. The average molecular weight is 207 g/mol. The summed E-state index contributed by atoms with van der Waals surface area (Å²) in [5.74, 6) is 0.309. The lowest BCUT2D eigenvalue weighted by atomic mass is 10.1. The first-order valence-electron chi connectivity index (χ1n) is 4.82. The summed E-state index contributed by atoms with van der Waals surface area (Å²) in [5.41, 5.74) is 5.69. The molecule has 0 aromatic heterocycles. The van der Waals surface area contributed by atoms with Crippen molar-refractivity contribution in [3.63, 3.8) is 0 Å². The largest absolute Gasteiger partial charge is 0.389 e. The van der Waals surface area contributed by atoms with Crippen molar-refractivity contribution in [1.82, 2.24) is 0 Å². The van der Waals surface area contributed by atoms with Crippen molar-refractivity contribution in [2.45, 2.75) is 19.4 Å². The standard InChI is InChI=1S/C11H17N3O/c1-11(2,15)8-13-10(12)14-9-6-4-3-5-7-9/h3-7,15H,8H2,1-2H3,(H3,12,13,14). The zero-order valence-corrected chi connectivity index (χ0v) is 9.07. The van der Waals surface area contributed by atoms with E-state index in [-0.39, 0.29) is 6.54 Å². The lowest BCUT2D eigenvalue weighted by Crippen LogP contribution is -2.28. The lowest BCUT2D eigenvalue weighted by molar-refractivity contribution is 0.0904. The van der Waals surface area contributed by atoms with Crippen LogP contribution in [0.5, 0.6) is 0 Å². The summed E-state index contributed by atoms with van der Waals surface area (Å²) in [5, 5.41) is 12.4. The number of aliphatic imine (C=N–C) groups is 1. The smallest absolute Gasteiger partial charge is 0.193 e. The summed E-state index contributed by atoms with van der Waals surface area (Å²) in [7, 11) is 0. The van der Waals surface area contributed by atoms with Gasteiger partial charge in [0.2, 0.25) is 0 Å². The number of anilines is 1. The maximum Gasteiger partial charge on any atom is 0.193 e. The van der Waals surface area contributed by atoms with Crippen molar-refractivity contribution in [3.8, 4) is 0 Å². The lowest BCUT2D eigenvalue weighted by Gasteiger charge is -2.14. The van der Waals surface area contributed by atoms with Crippen LogP contribution in [-0.4, -0.2) is 23.2 Å². The molecule has 0 bridgehead atoms. The van der Waals surface area contributed by atoms with Gasteiger partial charge in [0.05, 0.1) is 12.1 Å². The third kappa shape index (κ3) is 5.02. The van der Waals surface area contributed by atoms with Crippen molar-refractivity contribution in [2.75, 3.05) is 11.9 Å². The number of benzene rings is 1. The molecule has 0 radical (unpaired) electrons. The number of para-hydroxylation sites is 1. The number of hydrogen-bond donors (Lipinski definition) is 3. The Balaban J connectivity index is 2.53. The Morgan fingerprint density at radius 1 is 1.40 bits per heavy atom. The molecule has 4 N–H and O–H groups in total. The van der Waals surface area contributed by atoms with Crippen LogP contribution in [0.1, 0.15) is 13.8 Å². The van der Waals surface area contributed by atoms with Crippen LogP contribution in [-0.2, 0) is 0 Å². The van der Waals surface area contributed by atoms with E-state index in [4.69, 9.17) is 5.73 Å². The molecule has 0 saturated heterocycles. The van der Waals surface area contributed by atoms with E-state index in [0.29, 0.717) is 5.96 Å². The molecule has 0 atom stereocenters. The van der Waals surface area contributed by atoms with Gasteiger partial charge in [-0.2, -0.15) is 0 Å². The molecule has 1 aromatic rings. The van der Waals surface area contributed by atoms with Crippen LogP contribution >= 0.6 is 0 Å². The van der Waals surface area contributed by atoms with Gasteiger partial charge >= 0.3 is 0 Å². The van der Waals surface area contributed by atoms with Crippen LogP contribution in [0.4, 0.5) is 5.69 Å². The Hall–Kier alpha value is -1.55. The van der Waals surface area contributed by atoms with E-state index in [0.717, 1.165) is 5.69 Å². The molecule has 4 heteroatoms. The molecular weight excluding hydrogens is 190 g/mol. The van der Waals surface area contributed by atoms with Crippen LogP contribution in [0, 0.1) is 0 Å². The van der Waals surface area contributed by atoms with E-state index >= 15 is 0 Å². The summed E-state index contributed by atoms with van der Waals surface area (Å²) in [6.07, 6.45) is 0.